The quantitative estimate of drug-likeness (QED) is 0.657. The molecule has 7 heteroatoms. The first kappa shape index (κ1) is 19.1. The Bertz CT molecular complexity index is 788. The Morgan fingerprint density at radius 1 is 1.18 bits per heavy atom. The van der Waals surface area contributed by atoms with Gasteiger partial charge >= 0.3 is 0 Å². The second-order valence-corrected chi connectivity index (χ2v) is 8.15. The number of fused-ring (bicyclic) bond motifs is 1. The summed E-state index contributed by atoms with van der Waals surface area (Å²) in [6.45, 7) is 5.56. The topological polar surface area (TPSA) is 90.5 Å². The molecule has 3 aliphatic heterocycles. The van der Waals surface area contributed by atoms with Crippen molar-refractivity contribution in [1.29, 1.82) is 0 Å². The lowest BCUT2D eigenvalue weighted by molar-refractivity contribution is -0.136. The summed E-state index contributed by atoms with van der Waals surface area (Å²) in [6.07, 6.45) is 3.06. The molecule has 28 heavy (non-hydrogen) atoms. The summed E-state index contributed by atoms with van der Waals surface area (Å²) in [5.74, 6) is -0.0604. The Morgan fingerprint density at radius 2 is 1.96 bits per heavy atom. The highest BCUT2D eigenvalue weighted by Gasteiger charge is 2.39. The number of benzene rings is 1. The van der Waals surface area contributed by atoms with Gasteiger partial charge in [0.15, 0.2) is 0 Å². The van der Waals surface area contributed by atoms with E-state index < -0.39 is 6.04 Å². The van der Waals surface area contributed by atoms with Crippen LogP contribution in [0.5, 0.6) is 0 Å². The van der Waals surface area contributed by atoms with E-state index in [2.05, 4.69) is 28.9 Å². The van der Waals surface area contributed by atoms with Crippen molar-refractivity contribution >= 4 is 17.7 Å². The molecule has 0 radical (unpaired) electrons. The molecule has 0 aliphatic carbocycles. The van der Waals surface area contributed by atoms with Crippen molar-refractivity contribution in [2.45, 2.75) is 57.8 Å². The molecule has 0 saturated carbocycles. The van der Waals surface area contributed by atoms with Gasteiger partial charge in [-0.3, -0.25) is 19.7 Å². The number of imide groups is 1. The van der Waals surface area contributed by atoms with Crippen molar-refractivity contribution in [3.8, 4) is 0 Å². The van der Waals surface area contributed by atoms with E-state index in [1.807, 2.05) is 12.1 Å². The Labute approximate surface area is 165 Å². The van der Waals surface area contributed by atoms with Crippen LogP contribution in [0.15, 0.2) is 18.2 Å². The molecular formula is C21H28N4O3. The third kappa shape index (κ3) is 3.82. The normalized spacial score (nSPS) is 24.2. The van der Waals surface area contributed by atoms with Gasteiger partial charge < -0.3 is 15.5 Å². The first-order chi connectivity index (χ1) is 13.5. The zero-order chi connectivity index (χ0) is 19.7. The number of nitrogens with one attached hydrogen (secondary N) is 3. The number of carbonyl (C=O) groups is 3. The Morgan fingerprint density at radius 3 is 2.71 bits per heavy atom. The third-order valence-corrected chi connectivity index (χ3v) is 6.31. The number of piperidine rings is 2. The molecule has 1 aromatic carbocycles. The van der Waals surface area contributed by atoms with Crippen LogP contribution in [-0.4, -0.2) is 47.8 Å². The number of rotatable bonds is 5. The highest BCUT2D eigenvalue weighted by Crippen LogP contribution is 2.28. The average Bonchev–Trinajstić information content (AvgIpc) is 3.03. The summed E-state index contributed by atoms with van der Waals surface area (Å²) in [5.41, 5.74) is 2.71. The van der Waals surface area contributed by atoms with Gasteiger partial charge in [-0.25, -0.2) is 0 Å². The van der Waals surface area contributed by atoms with Gasteiger partial charge in [-0.05, 0) is 62.4 Å². The zero-order valence-corrected chi connectivity index (χ0v) is 16.3. The number of amides is 3. The highest BCUT2D eigenvalue weighted by atomic mass is 16.2. The van der Waals surface area contributed by atoms with E-state index in [1.54, 1.807) is 4.90 Å². The van der Waals surface area contributed by atoms with Crippen LogP contribution in [0.3, 0.4) is 0 Å². The molecular weight excluding hydrogens is 356 g/mol. The van der Waals surface area contributed by atoms with Crippen LogP contribution in [0.1, 0.15) is 54.1 Å². The van der Waals surface area contributed by atoms with E-state index in [9.17, 15) is 14.4 Å². The Balaban J connectivity index is 1.40. The first-order valence-corrected chi connectivity index (χ1v) is 10.2. The predicted octanol–water partition coefficient (Wildman–Crippen LogP) is 0.925. The number of hydrogen-bond acceptors (Lipinski definition) is 5. The van der Waals surface area contributed by atoms with Gasteiger partial charge in [0, 0.05) is 31.1 Å². The number of hydrogen-bond donors (Lipinski definition) is 3. The summed E-state index contributed by atoms with van der Waals surface area (Å²) in [4.78, 5) is 38.0. The van der Waals surface area contributed by atoms with Gasteiger partial charge in [0.1, 0.15) is 6.04 Å². The maximum absolute atomic E-state index is 12.9. The van der Waals surface area contributed by atoms with Crippen LogP contribution >= 0.6 is 0 Å². The van der Waals surface area contributed by atoms with Crippen LogP contribution < -0.4 is 16.0 Å². The second-order valence-electron chi connectivity index (χ2n) is 8.15. The molecule has 4 rings (SSSR count). The van der Waals surface area contributed by atoms with E-state index in [0.29, 0.717) is 30.5 Å². The summed E-state index contributed by atoms with van der Waals surface area (Å²) < 4.78 is 0. The Hall–Kier alpha value is -2.25. The molecule has 2 fully saturated rings. The maximum atomic E-state index is 12.9. The molecule has 7 nitrogen and oxygen atoms in total. The van der Waals surface area contributed by atoms with Crippen molar-refractivity contribution < 1.29 is 14.4 Å². The van der Waals surface area contributed by atoms with Crippen molar-refractivity contribution in [1.82, 2.24) is 20.9 Å². The largest absolute Gasteiger partial charge is 0.322 e. The lowest BCUT2D eigenvalue weighted by Gasteiger charge is -2.29. The molecule has 1 aromatic rings. The minimum atomic E-state index is -0.556. The highest BCUT2D eigenvalue weighted by molar-refractivity contribution is 6.05. The summed E-state index contributed by atoms with van der Waals surface area (Å²) in [6, 6.07) is 5.88. The molecule has 0 spiro atoms. The zero-order valence-electron chi connectivity index (χ0n) is 16.3. The van der Waals surface area contributed by atoms with Gasteiger partial charge in [-0.1, -0.05) is 12.1 Å². The number of carbonyl (C=O) groups excluding carboxylic acids is 3. The molecule has 2 atom stereocenters. The molecule has 3 amide bonds. The van der Waals surface area contributed by atoms with Crippen molar-refractivity contribution in [3.05, 3.63) is 34.9 Å². The summed E-state index contributed by atoms with van der Waals surface area (Å²) in [7, 11) is 0. The third-order valence-electron chi connectivity index (χ3n) is 6.31. The Kier molecular flexibility index (Phi) is 5.46. The molecule has 2 saturated heterocycles. The lowest BCUT2D eigenvalue weighted by atomic mass is 9.91. The van der Waals surface area contributed by atoms with Crippen LogP contribution in [0.25, 0.3) is 0 Å². The van der Waals surface area contributed by atoms with Crippen LogP contribution in [-0.2, 0) is 22.7 Å². The fraction of sp³-hybridized carbons (Fsp3) is 0.571. The SMILES string of the molecule is CC(NCc1ccc2c(c1)C(=O)N(C1CCC(=O)NC1=O)C2)C1CCNCC1. The molecule has 0 bridgehead atoms. The summed E-state index contributed by atoms with van der Waals surface area (Å²) in [5, 5.41) is 9.35. The molecule has 2 unspecified atom stereocenters. The van der Waals surface area contributed by atoms with E-state index in [0.717, 1.165) is 30.8 Å². The molecule has 3 heterocycles. The predicted molar refractivity (Wildman–Crippen MR) is 104 cm³/mol. The van der Waals surface area contributed by atoms with E-state index in [4.69, 9.17) is 0 Å². The van der Waals surface area contributed by atoms with Crippen molar-refractivity contribution in [3.63, 3.8) is 0 Å². The minimum Gasteiger partial charge on any atom is -0.322 e. The second kappa shape index (κ2) is 8.01. The van der Waals surface area contributed by atoms with Crippen molar-refractivity contribution in [2.24, 2.45) is 5.92 Å². The fourth-order valence-electron chi connectivity index (χ4n) is 4.50. The number of nitrogens with zero attached hydrogens (tertiary/aromatic N) is 1. The van der Waals surface area contributed by atoms with Gasteiger partial charge in [0.25, 0.3) is 5.91 Å². The smallest absolute Gasteiger partial charge is 0.255 e. The van der Waals surface area contributed by atoms with Gasteiger partial charge in [0.2, 0.25) is 11.8 Å². The standard InChI is InChI=1S/C21H28N4O3/c1-13(15-6-8-22-9-7-15)23-11-14-2-3-16-12-25(21(28)17(16)10-14)18-4-5-19(26)24-20(18)27/h2-3,10,13,15,18,22-23H,4-9,11-12H2,1H3,(H,24,26,27). The average molecular weight is 384 g/mol. The van der Waals surface area contributed by atoms with Crippen LogP contribution in [0.2, 0.25) is 0 Å². The van der Waals surface area contributed by atoms with E-state index in [1.165, 1.54) is 12.8 Å². The van der Waals surface area contributed by atoms with E-state index >= 15 is 0 Å². The first-order valence-electron chi connectivity index (χ1n) is 10.2. The van der Waals surface area contributed by atoms with E-state index in [-0.39, 0.29) is 24.1 Å². The van der Waals surface area contributed by atoms with Gasteiger partial charge in [-0.15, -0.1) is 0 Å². The van der Waals surface area contributed by atoms with Crippen LogP contribution in [0, 0.1) is 5.92 Å². The van der Waals surface area contributed by atoms with Gasteiger partial charge in [-0.2, -0.15) is 0 Å². The van der Waals surface area contributed by atoms with Crippen LogP contribution in [0.4, 0.5) is 0 Å². The fourth-order valence-corrected chi connectivity index (χ4v) is 4.50. The molecule has 0 aromatic heterocycles. The summed E-state index contributed by atoms with van der Waals surface area (Å²) >= 11 is 0. The maximum Gasteiger partial charge on any atom is 0.255 e. The monoisotopic (exact) mass is 384 g/mol. The molecule has 3 aliphatic rings. The molecule has 150 valence electrons. The van der Waals surface area contributed by atoms with Gasteiger partial charge in [0.05, 0.1) is 0 Å². The molecule has 3 N–H and O–H groups in total. The van der Waals surface area contributed by atoms with Crippen molar-refractivity contribution in [2.75, 3.05) is 13.1 Å². The minimum absolute atomic E-state index is 0.113. The lowest BCUT2D eigenvalue weighted by Crippen LogP contribution is -2.52.